The Hall–Kier alpha value is -18.3. The number of aromatic carboxylic acids is 2. The molecule has 8 amide bonds. The van der Waals surface area contributed by atoms with E-state index in [-0.39, 0.29) is 64.3 Å². The smallest absolute Gasteiger partial charge is 0.352 e. The SMILES string of the molecule is Nc1cccc(C#Cc2[nH]c3cccc4c3c2CCNC4=O)c1.O=C(Nc1ccc(F)cc1)c1[nH]c2cccc3c2c1CCNC3=O.O=C(O)c1[nH]c2cccc3c2c1CCNC3=O.O=C(O)c1ccc(-c2[nH]c3cccc4c3c2CCNC4=O)cc1.O=C1NCCc2c(-c3[nH]c4cccc5c4c3CCNC5=O)[nH]c3cccc1c23.O=C1NCCc2c(-c3ccc4[nH]ccc4c3)[nH]c3cccc1c23. The van der Waals surface area contributed by atoms with Gasteiger partial charge >= 0.3 is 11.9 Å². The number of hydrogen-bond acceptors (Lipinski definition) is 11. The molecule has 0 fully saturated rings. The van der Waals surface area contributed by atoms with Gasteiger partial charge in [0.2, 0.25) is 0 Å². The number of rotatable bonds is 7. The Bertz CT molecular complexity index is 8310. The van der Waals surface area contributed by atoms with Crippen molar-refractivity contribution in [2.75, 3.05) is 56.9 Å². The van der Waals surface area contributed by atoms with Crippen molar-refractivity contribution in [1.29, 1.82) is 0 Å². The normalized spacial score (nSPS) is 14.2. The van der Waals surface area contributed by atoms with Crippen LogP contribution in [0.3, 0.4) is 0 Å². The second-order valence-electron chi connectivity index (χ2n) is 34.3. The molecule has 0 aliphatic carbocycles. The van der Waals surface area contributed by atoms with E-state index in [1.807, 2.05) is 128 Å². The number of amides is 8. The Balaban J connectivity index is 0.0000000992. The summed E-state index contributed by atoms with van der Waals surface area (Å²) < 4.78 is 13.0. The number of nitrogens with two attached hydrogens (primary N) is 1. The van der Waals surface area contributed by atoms with Gasteiger partial charge in [-0.1, -0.05) is 72.7 Å². The fraction of sp³-hybridized carbons (Fsp3) is 0.130. The van der Waals surface area contributed by atoms with Gasteiger partial charge in [0, 0.05) is 207 Å². The van der Waals surface area contributed by atoms with Crippen LogP contribution in [0, 0.1) is 17.7 Å². The van der Waals surface area contributed by atoms with Crippen LogP contribution in [0.2, 0.25) is 0 Å². The highest BCUT2D eigenvalue weighted by Crippen LogP contribution is 2.42. The van der Waals surface area contributed by atoms with Gasteiger partial charge in [-0.3, -0.25) is 38.4 Å². The van der Waals surface area contributed by atoms with Crippen LogP contribution in [0.5, 0.6) is 0 Å². The second-order valence-corrected chi connectivity index (χ2v) is 34.3. The zero-order chi connectivity index (χ0) is 94.7. The van der Waals surface area contributed by atoms with Gasteiger partial charge in [-0.05, 0) is 259 Å². The molecule has 7 aliphatic rings. The van der Waals surface area contributed by atoms with E-state index in [0.717, 1.165) is 187 Å². The van der Waals surface area contributed by atoms with Crippen molar-refractivity contribution >= 4 is 158 Å². The van der Waals surface area contributed by atoms with Gasteiger partial charge in [-0.2, -0.15) is 0 Å². The van der Waals surface area contributed by atoms with Crippen LogP contribution in [0.15, 0.2) is 231 Å². The lowest BCUT2D eigenvalue weighted by molar-refractivity contribution is 0.0682. The summed E-state index contributed by atoms with van der Waals surface area (Å²) in [5.41, 5.74) is 35.1. The number of anilines is 2. The minimum absolute atomic E-state index is 0.0148. The molecule has 26 rings (SSSR count). The number of benzene rings is 11. The summed E-state index contributed by atoms with van der Waals surface area (Å²) in [5, 5.41) is 49.0. The number of carbonyl (C=O) groups is 10. The van der Waals surface area contributed by atoms with Crippen molar-refractivity contribution in [3.05, 3.63) is 343 Å². The largest absolute Gasteiger partial charge is 0.478 e. The molecular formula is C108H86FN17O12. The Morgan fingerprint density at radius 2 is 0.667 bits per heavy atom. The number of H-pyrrole nitrogens is 8. The van der Waals surface area contributed by atoms with Crippen molar-refractivity contribution < 1.29 is 62.5 Å². The molecule has 0 saturated heterocycles. The molecular weight excluding hydrogens is 1750 g/mol. The molecule has 19 aromatic rings. The van der Waals surface area contributed by atoms with Crippen LogP contribution in [0.1, 0.15) is 154 Å². The minimum atomic E-state index is -0.989. The monoisotopic (exact) mass is 1830 g/mol. The van der Waals surface area contributed by atoms with Crippen LogP contribution in [0.4, 0.5) is 15.8 Å². The maximum Gasteiger partial charge on any atom is 0.352 e. The molecule has 0 unspecified atom stereocenters. The maximum atomic E-state index is 13.0. The van der Waals surface area contributed by atoms with Gasteiger partial charge in [-0.25, -0.2) is 14.0 Å². The number of nitrogen functional groups attached to an aromatic ring is 1. The molecule has 0 radical (unpaired) electrons. The van der Waals surface area contributed by atoms with Crippen molar-refractivity contribution in [2.45, 2.75) is 44.9 Å². The number of fused-ring (bicyclic) bond motifs is 1. The number of aromatic nitrogens is 8. The molecule has 11 aromatic carbocycles. The van der Waals surface area contributed by atoms with Gasteiger partial charge in [-0.15, -0.1) is 0 Å². The third kappa shape index (κ3) is 16.1. The van der Waals surface area contributed by atoms with Gasteiger partial charge in [0.1, 0.15) is 17.2 Å². The Morgan fingerprint density at radius 3 is 1.09 bits per heavy atom. The number of carbonyl (C=O) groups excluding carboxylic acids is 8. The summed E-state index contributed by atoms with van der Waals surface area (Å²) in [6, 6.07) is 67.8. The molecule has 8 aromatic heterocycles. The lowest BCUT2D eigenvalue weighted by Gasteiger charge is -2.06. The van der Waals surface area contributed by atoms with E-state index in [9.17, 15) is 52.3 Å². The summed E-state index contributed by atoms with van der Waals surface area (Å²) in [5.74, 6) is 3.34. The number of aromatic amines is 8. The summed E-state index contributed by atoms with van der Waals surface area (Å²) in [6.45, 7) is 4.01. The van der Waals surface area contributed by atoms with Crippen LogP contribution < -0.4 is 48.3 Å². The Morgan fingerprint density at radius 1 is 0.319 bits per heavy atom. The van der Waals surface area contributed by atoms with Gasteiger partial charge in [0.25, 0.3) is 47.3 Å². The number of hydrogen-bond donors (Lipinski definition) is 19. The molecule has 0 bridgehead atoms. The summed E-state index contributed by atoms with van der Waals surface area (Å²) in [6.07, 6.45) is 6.91. The van der Waals surface area contributed by atoms with Crippen molar-refractivity contribution in [1.82, 2.24) is 77.1 Å². The standard InChI is InChI=1S/C22H18N4O2.2C19H15N3O.C18H14FN3O2.C18H14N2O3.C12H10N2O3/c27-21-13-3-1-5-15-17(13)11(7-9-23-21)19(25-15)20-12-8-10-24-22(28)14-4-2-6-16(26-20)18(12)14;23-19-14-2-1-3-16-17(14)13(7-9-21-19)18(22-16)12-4-5-15-11(10-12)6-8-20-15;20-13-4-1-3-12(11-13)7-8-16-14-9-10-21-19(23)15-5-2-6-17(22-16)18(14)15;19-10-4-6-11(7-5-10)21-18(24)16-12-8-9-20-17(23)13-2-1-3-14(22-16)15(12)13;21-17-13-2-1-3-14-15(13)12(8-9-19-17)16(20-14)10-4-6-11(7-5-10)18(22)23;15-11-7-2-1-3-8-9(7)6(4-5-13-11)10(14-8)12(16)17/h1-6,25-26H,7-10H2,(H,23,27)(H,24,28);1-6,8,10,20,22H,7,9H2,(H,21,23);1-6,11,22H,9-10,20H2,(H,21,23);1-7,22H,8-9H2,(H,20,23)(H,21,24);1-7,20H,8-9H2,(H,19,21)(H,22,23);1-3,14H,4-5H2,(H,13,15)(H,16,17). The first kappa shape index (κ1) is 86.4. The zero-order valence-electron chi connectivity index (χ0n) is 73.8. The van der Waals surface area contributed by atoms with E-state index in [1.54, 1.807) is 54.6 Å². The van der Waals surface area contributed by atoms with E-state index in [4.69, 9.17) is 15.9 Å². The van der Waals surface area contributed by atoms with E-state index < -0.39 is 11.9 Å². The average molecular weight is 1830 g/mol. The van der Waals surface area contributed by atoms with Crippen LogP contribution in [0.25, 0.3) is 121 Å². The molecule has 15 heterocycles. The summed E-state index contributed by atoms with van der Waals surface area (Å²) in [4.78, 5) is 147. The number of carboxylic acid groups (broad SMARTS) is 2. The highest BCUT2D eigenvalue weighted by atomic mass is 19.1. The van der Waals surface area contributed by atoms with Crippen LogP contribution in [-0.2, 0) is 44.9 Å². The van der Waals surface area contributed by atoms with E-state index in [0.29, 0.717) is 120 Å². The summed E-state index contributed by atoms with van der Waals surface area (Å²) in [7, 11) is 0. The van der Waals surface area contributed by atoms with E-state index >= 15 is 0 Å². The first-order valence-electron chi connectivity index (χ1n) is 45.2. The Labute approximate surface area is 783 Å². The number of nitrogens with one attached hydrogen (secondary N) is 16. The molecule has 682 valence electrons. The zero-order valence-corrected chi connectivity index (χ0v) is 73.8. The van der Waals surface area contributed by atoms with Crippen molar-refractivity contribution in [3.63, 3.8) is 0 Å². The van der Waals surface area contributed by atoms with Gasteiger partial charge in [0.05, 0.1) is 22.6 Å². The molecule has 0 saturated carbocycles. The maximum absolute atomic E-state index is 13.0. The summed E-state index contributed by atoms with van der Waals surface area (Å²) >= 11 is 0. The topological polar surface area (TPSA) is 460 Å². The fourth-order valence-corrected chi connectivity index (χ4v) is 19.9. The van der Waals surface area contributed by atoms with Crippen LogP contribution >= 0.6 is 0 Å². The molecule has 138 heavy (non-hydrogen) atoms. The molecule has 0 spiro atoms. The highest BCUT2D eigenvalue weighted by molar-refractivity contribution is 6.18. The third-order valence-corrected chi connectivity index (χ3v) is 26.1. The van der Waals surface area contributed by atoms with E-state index in [1.165, 1.54) is 35.2 Å². The average Bonchev–Trinajstić information content (AvgIpc) is 1.58. The molecule has 0 atom stereocenters. The predicted molar refractivity (Wildman–Crippen MR) is 527 cm³/mol. The molecule has 20 N–H and O–H groups in total. The number of carboxylic acids is 2. The van der Waals surface area contributed by atoms with Gasteiger partial charge in [0.15, 0.2) is 0 Å². The minimum Gasteiger partial charge on any atom is -0.478 e. The first-order chi connectivity index (χ1) is 67.2. The predicted octanol–water partition coefficient (Wildman–Crippen LogP) is 15.7. The Kier molecular flexibility index (Phi) is 22.6. The quantitative estimate of drug-likeness (QED) is 0.0522. The van der Waals surface area contributed by atoms with Crippen molar-refractivity contribution in [3.8, 4) is 45.7 Å². The third-order valence-electron chi connectivity index (χ3n) is 26.1. The van der Waals surface area contributed by atoms with Gasteiger partial charge < -0.3 is 98.4 Å². The molecule has 29 nitrogen and oxygen atoms in total. The fourth-order valence-electron chi connectivity index (χ4n) is 19.9. The molecule has 30 heteroatoms. The lowest BCUT2D eigenvalue weighted by atomic mass is 9.98. The lowest BCUT2D eigenvalue weighted by Crippen LogP contribution is -2.24. The highest BCUT2D eigenvalue weighted by Gasteiger charge is 2.32. The number of halogens is 1. The van der Waals surface area contributed by atoms with E-state index in [2.05, 4.69) is 119 Å². The van der Waals surface area contributed by atoms with Crippen molar-refractivity contribution in [2.24, 2.45) is 0 Å². The molecule has 7 aliphatic heterocycles. The first-order valence-corrected chi connectivity index (χ1v) is 45.2. The second kappa shape index (κ2) is 36.0. The van der Waals surface area contributed by atoms with Crippen LogP contribution in [-0.4, -0.2) is 155 Å².